The largest absolute Gasteiger partial charge is 0.458 e. The van der Waals surface area contributed by atoms with E-state index in [1.165, 1.54) is 0 Å². The van der Waals surface area contributed by atoms with Gasteiger partial charge in [0.2, 0.25) is 5.91 Å². The van der Waals surface area contributed by atoms with E-state index in [9.17, 15) is 14.4 Å². The zero-order chi connectivity index (χ0) is 22.7. The maximum atomic E-state index is 12.9. The molecule has 0 aliphatic carbocycles. The number of nitrogens with zero attached hydrogens (tertiary/aromatic N) is 1. The number of carbonyl (C=O) groups is 3. The van der Waals surface area contributed by atoms with Gasteiger partial charge in [0, 0.05) is 6.42 Å². The molecule has 1 aromatic rings. The Hall–Kier alpha value is -2.67. The molecule has 1 rings (SSSR count). The first kappa shape index (κ1) is 25.4. The van der Waals surface area contributed by atoms with Crippen LogP contribution in [0.25, 0.3) is 6.08 Å². The molecule has 1 atom stereocenters. The fourth-order valence-corrected chi connectivity index (χ4v) is 2.60. The zero-order valence-corrected chi connectivity index (χ0v) is 18.7. The van der Waals surface area contributed by atoms with Crippen molar-refractivity contribution in [3.63, 3.8) is 0 Å². The number of amides is 2. The summed E-state index contributed by atoms with van der Waals surface area (Å²) in [5, 5.41) is 1.08. The summed E-state index contributed by atoms with van der Waals surface area (Å²) in [7, 11) is 0. The van der Waals surface area contributed by atoms with E-state index in [0.29, 0.717) is 12.3 Å². The van der Waals surface area contributed by atoms with Crippen LogP contribution in [-0.4, -0.2) is 41.0 Å². The summed E-state index contributed by atoms with van der Waals surface area (Å²) < 4.78 is 5.53. The fourth-order valence-electron chi connectivity index (χ4n) is 2.60. The highest BCUT2D eigenvalue weighted by atomic mass is 16.6. The van der Waals surface area contributed by atoms with Gasteiger partial charge >= 0.3 is 5.97 Å². The highest BCUT2D eigenvalue weighted by molar-refractivity contribution is 5.88. The van der Waals surface area contributed by atoms with Crippen LogP contribution in [-0.2, 0) is 19.1 Å². The number of ether oxygens (including phenoxy) is 1. The van der Waals surface area contributed by atoms with Crippen molar-refractivity contribution in [1.82, 2.24) is 10.4 Å². The van der Waals surface area contributed by atoms with Gasteiger partial charge in [-0.3, -0.25) is 15.0 Å². The topological polar surface area (TPSA) is 102 Å². The van der Waals surface area contributed by atoms with E-state index in [2.05, 4.69) is 5.43 Å². The van der Waals surface area contributed by atoms with Crippen LogP contribution >= 0.6 is 0 Å². The van der Waals surface area contributed by atoms with Crippen LogP contribution in [0.4, 0.5) is 0 Å². The number of rotatable bonds is 9. The van der Waals surface area contributed by atoms with E-state index < -0.39 is 23.5 Å². The Morgan fingerprint density at radius 2 is 1.80 bits per heavy atom. The van der Waals surface area contributed by atoms with Gasteiger partial charge in [0.15, 0.2) is 6.04 Å². The average Bonchev–Trinajstić information content (AvgIpc) is 2.67. The molecule has 0 saturated carbocycles. The van der Waals surface area contributed by atoms with Crippen molar-refractivity contribution in [2.45, 2.75) is 65.5 Å². The minimum Gasteiger partial charge on any atom is -0.458 e. The molecule has 0 fully saturated rings. The van der Waals surface area contributed by atoms with Crippen LogP contribution in [0.3, 0.4) is 0 Å². The summed E-state index contributed by atoms with van der Waals surface area (Å²) in [5.41, 5.74) is 8.14. The Labute approximate surface area is 179 Å². The molecule has 0 bridgehead atoms. The van der Waals surface area contributed by atoms with E-state index in [-0.39, 0.29) is 25.3 Å². The summed E-state index contributed by atoms with van der Waals surface area (Å²) in [6, 6.07) is 8.60. The highest BCUT2D eigenvalue weighted by Gasteiger charge is 2.33. The third kappa shape index (κ3) is 9.69. The van der Waals surface area contributed by atoms with Crippen molar-refractivity contribution >= 4 is 23.9 Å². The first-order valence-electron chi connectivity index (χ1n) is 10.3. The summed E-state index contributed by atoms with van der Waals surface area (Å²) >= 11 is 0. The molecule has 0 spiro atoms. The number of carbonyl (C=O) groups excluding carboxylic acids is 3. The molecule has 0 aliphatic heterocycles. The highest BCUT2D eigenvalue weighted by Crippen LogP contribution is 2.16. The van der Waals surface area contributed by atoms with E-state index in [0.717, 1.165) is 10.6 Å². The van der Waals surface area contributed by atoms with Crippen LogP contribution in [0.5, 0.6) is 0 Å². The van der Waals surface area contributed by atoms with Crippen LogP contribution in [0.1, 0.15) is 59.4 Å². The molecule has 0 radical (unpaired) electrons. The molecule has 30 heavy (non-hydrogen) atoms. The first-order chi connectivity index (χ1) is 14.0. The molecule has 7 nitrogen and oxygen atoms in total. The van der Waals surface area contributed by atoms with Gasteiger partial charge < -0.3 is 10.5 Å². The van der Waals surface area contributed by atoms with Crippen molar-refractivity contribution in [3.05, 3.63) is 42.0 Å². The average molecular weight is 418 g/mol. The van der Waals surface area contributed by atoms with Gasteiger partial charge in [-0.2, -0.15) is 0 Å². The van der Waals surface area contributed by atoms with Crippen LogP contribution in [0.2, 0.25) is 0 Å². The number of nitrogens with two attached hydrogens (primary N) is 1. The molecule has 0 aromatic heterocycles. The summed E-state index contributed by atoms with van der Waals surface area (Å²) in [4.78, 5) is 37.8. The smallest absolute Gasteiger partial charge is 0.331 e. The second-order valence-corrected chi connectivity index (χ2v) is 8.53. The van der Waals surface area contributed by atoms with Crippen LogP contribution in [0.15, 0.2) is 36.4 Å². The van der Waals surface area contributed by atoms with E-state index in [4.69, 9.17) is 10.5 Å². The Balaban J connectivity index is 3.14. The second kappa shape index (κ2) is 12.1. The number of benzene rings is 1. The predicted molar refractivity (Wildman–Crippen MR) is 118 cm³/mol. The summed E-state index contributed by atoms with van der Waals surface area (Å²) in [6.07, 6.45) is 4.67. The van der Waals surface area contributed by atoms with Gasteiger partial charge in [-0.25, -0.2) is 9.80 Å². The summed E-state index contributed by atoms with van der Waals surface area (Å²) in [6.45, 7) is 8.98. The minimum absolute atomic E-state index is 0.183. The fraction of sp³-hybridized carbons (Fsp3) is 0.522. The lowest BCUT2D eigenvalue weighted by molar-refractivity contribution is -0.168. The number of hydrogen-bond donors (Lipinski definition) is 2. The molecule has 1 aromatic carbocycles. The van der Waals surface area contributed by atoms with Gasteiger partial charge in [0.1, 0.15) is 5.60 Å². The van der Waals surface area contributed by atoms with Crippen LogP contribution < -0.4 is 11.2 Å². The molecule has 0 unspecified atom stereocenters. The van der Waals surface area contributed by atoms with E-state index >= 15 is 0 Å². The lowest BCUT2D eigenvalue weighted by Gasteiger charge is -2.32. The van der Waals surface area contributed by atoms with Gasteiger partial charge in [0.05, 0.1) is 6.54 Å². The Kier molecular flexibility index (Phi) is 10.3. The Morgan fingerprint density at radius 1 is 1.17 bits per heavy atom. The van der Waals surface area contributed by atoms with Gasteiger partial charge in [-0.15, -0.1) is 0 Å². The minimum atomic E-state index is -1.00. The maximum absolute atomic E-state index is 12.9. The van der Waals surface area contributed by atoms with Gasteiger partial charge in [-0.1, -0.05) is 56.3 Å². The van der Waals surface area contributed by atoms with Crippen molar-refractivity contribution < 1.29 is 19.1 Å². The van der Waals surface area contributed by atoms with E-state index in [1.807, 2.05) is 50.3 Å². The molecule has 166 valence electrons. The van der Waals surface area contributed by atoms with Crippen molar-refractivity contribution in [3.8, 4) is 0 Å². The van der Waals surface area contributed by atoms with Crippen LogP contribution in [0, 0.1) is 5.92 Å². The quantitative estimate of drug-likeness (QED) is 0.475. The molecule has 2 amide bonds. The third-order valence-electron chi connectivity index (χ3n) is 4.09. The number of hydrazine groups is 1. The zero-order valence-electron chi connectivity index (χ0n) is 18.7. The molecule has 0 heterocycles. The number of esters is 1. The number of nitrogens with one attached hydrogen (secondary N) is 1. The molecule has 0 aliphatic rings. The molecule has 3 N–H and O–H groups in total. The third-order valence-corrected chi connectivity index (χ3v) is 4.09. The molecular weight excluding hydrogens is 382 g/mol. The molecular formula is C23H35N3O4. The standard InChI is InChI=1S/C23H35N3O4/c1-17(2)14-15-21(28)26(25-20(27)16-24)19(22(29)30-23(3,4)5)13-9-12-18-10-7-6-8-11-18/h6-12,17,19H,13-16,24H2,1-5H3,(H,25,27)/t19-/m0/s1. The SMILES string of the molecule is CC(C)CCC(=O)N(NC(=O)CN)[C@@H](CC=Cc1ccccc1)C(=O)OC(C)(C)C. The normalized spacial score (nSPS) is 12.6. The van der Waals surface area contributed by atoms with E-state index in [1.54, 1.807) is 26.8 Å². The molecule has 7 heteroatoms. The maximum Gasteiger partial charge on any atom is 0.331 e. The van der Waals surface area contributed by atoms with Gasteiger partial charge in [0.25, 0.3) is 5.91 Å². The molecule has 0 saturated heterocycles. The Morgan fingerprint density at radius 3 is 2.33 bits per heavy atom. The van der Waals surface area contributed by atoms with Crippen molar-refractivity contribution in [2.75, 3.05) is 6.54 Å². The lowest BCUT2D eigenvalue weighted by Crippen LogP contribution is -2.56. The second-order valence-electron chi connectivity index (χ2n) is 8.53. The monoisotopic (exact) mass is 417 g/mol. The van der Waals surface area contributed by atoms with Crippen molar-refractivity contribution in [1.29, 1.82) is 0 Å². The summed E-state index contributed by atoms with van der Waals surface area (Å²) in [5.74, 6) is -1.18. The van der Waals surface area contributed by atoms with Gasteiger partial charge in [-0.05, 0) is 45.1 Å². The predicted octanol–water partition coefficient (Wildman–Crippen LogP) is 3.05. The number of hydrogen-bond acceptors (Lipinski definition) is 5. The van der Waals surface area contributed by atoms with Crippen molar-refractivity contribution in [2.24, 2.45) is 11.7 Å². The first-order valence-corrected chi connectivity index (χ1v) is 10.3. The Bertz CT molecular complexity index is 724. The lowest BCUT2D eigenvalue weighted by atomic mass is 10.1.